The van der Waals surface area contributed by atoms with E-state index in [-0.39, 0.29) is 11.7 Å². The molecule has 3 atom stereocenters. The van der Waals surface area contributed by atoms with Crippen LogP contribution in [0.3, 0.4) is 0 Å². The number of allylic oxidation sites excluding steroid dienone is 3. The molecule has 0 bridgehead atoms. The molecule has 0 saturated carbocycles. The number of esters is 2. The lowest BCUT2D eigenvalue weighted by Crippen LogP contribution is -2.43. The lowest BCUT2D eigenvalue weighted by molar-refractivity contribution is -0.149. The van der Waals surface area contributed by atoms with Gasteiger partial charge in [0.15, 0.2) is 5.78 Å². The quantitative estimate of drug-likeness (QED) is 0.573. The molecule has 0 fully saturated rings. The van der Waals surface area contributed by atoms with Crippen molar-refractivity contribution in [1.29, 1.82) is 0 Å². The molecule has 1 aliphatic heterocycles. The Balaban J connectivity index is 1.88. The molecule has 8 heteroatoms. The zero-order valence-electron chi connectivity index (χ0n) is 16.8. The van der Waals surface area contributed by atoms with E-state index in [9.17, 15) is 14.4 Å². The third-order valence-electron chi connectivity index (χ3n) is 5.66. The van der Waals surface area contributed by atoms with Crippen molar-refractivity contribution in [2.24, 2.45) is 5.92 Å². The Morgan fingerprint density at radius 3 is 2.57 bits per heavy atom. The minimum atomic E-state index is -0.951. The van der Waals surface area contributed by atoms with Gasteiger partial charge in [-0.25, -0.2) is 4.79 Å². The highest BCUT2D eigenvalue weighted by Crippen LogP contribution is 2.48. The molecule has 3 heterocycles. The fourth-order valence-corrected chi connectivity index (χ4v) is 5.91. The molecule has 1 aliphatic carbocycles. The molecule has 2 aliphatic rings. The number of rotatable bonds is 4. The minimum absolute atomic E-state index is 0.306. The second-order valence-electron chi connectivity index (χ2n) is 7.23. The van der Waals surface area contributed by atoms with Gasteiger partial charge in [0.2, 0.25) is 0 Å². The van der Waals surface area contributed by atoms with Gasteiger partial charge in [0.05, 0.1) is 19.8 Å². The number of dihydropyridines is 1. The van der Waals surface area contributed by atoms with Gasteiger partial charge in [0.1, 0.15) is 5.92 Å². The largest absolute Gasteiger partial charge is 0.468 e. The first-order valence-corrected chi connectivity index (χ1v) is 11.3. The number of carbonyl (C=O) groups excluding carboxylic acids is 3. The Kier molecular flexibility index (Phi) is 5.62. The maximum absolute atomic E-state index is 13.8. The van der Waals surface area contributed by atoms with Gasteiger partial charge in [-0.15, -0.1) is 11.3 Å². The van der Waals surface area contributed by atoms with Crippen molar-refractivity contribution in [2.75, 3.05) is 14.2 Å². The molecule has 0 amide bonds. The van der Waals surface area contributed by atoms with Crippen LogP contribution in [0.15, 0.2) is 56.9 Å². The van der Waals surface area contributed by atoms with Crippen LogP contribution >= 0.6 is 22.7 Å². The Morgan fingerprint density at radius 1 is 1.17 bits per heavy atom. The summed E-state index contributed by atoms with van der Waals surface area (Å²) in [7, 11) is 2.62. The Morgan fingerprint density at radius 2 is 1.97 bits per heavy atom. The van der Waals surface area contributed by atoms with Crippen molar-refractivity contribution in [3.8, 4) is 0 Å². The lowest BCUT2D eigenvalue weighted by atomic mass is 9.68. The van der Waals surface area contributed by atoms with Crippen molar-refractivity contribution < 1.29 is 23.9 Å². The smallest absolute Gasteiger partial charge is 0.336 e. The van der Waals surface area contributed by atoms with Crippen LogP contribution in [0, 0.1) is 5.92 Å². The zero-order chi connectivity index (χ0) is 21.4. The molecule has 6 nitrogen and oxygen atoms in total. The molecule has 156 valence electrons. The molecule has 4 rings (SSSR count). The van der Waals surface area contributed by atoms with E-state index >= 15 is 0 Å². The van der Waals surface area contributed by atoms with E-state index in [1.165, 1.54) is 36.9 Å². The average Bonchev–Trinajstić information content (AvgIpc) is 3.45. The zero-order valence-corrected chi connectivity index (χ0v) is 18.4. The summed E-state index contributed by atoms with van der Waals surface area (Å²) < 4.78 is 10.0. The predicted octanol–water partition coefficient (Wildman–Crippen LogP) is 3.74. The van der Waals surface area contributed by atoms with E-state index < -0.39 is 23.8 Å². The number of hydrogen-bond acceptors (Lipinski definition) is 8. The standard InChI is InChI=1S/C22H21NO5S2/c1-11-16(21(25)27-2)17(12-6-8-29-10-12)19-14(23-11)9-13(15-5-4-7-30-15)18(20(19)24)22(26)28-3/h4-8,10,13,17-18,23H,9H2,1-3H3/t13-,17-,18-/m1/s1. The second-order valence-corrected chi connectivity index (χ2v) is 8.99. The van der Waals surface area contributed by atoms with Crippen LogP contribution in [0.4, 0.5) is 0 Å². The third kappa shape index (κ3) is 3.30. The minimum Gasteiger partial charge on any atom is -0.468 e. The number of Topliss-reactive ketones (excluding diaryl/α,β-unsaturated/α-hetero) is 1. The summed E-state index contributed by atoms with van der Waals surface area (Å²) in [6.45, 7) is 1.81. The molecule has 0 radical (unpaired) electrons. The SMILES string of the molecule is COC(=O)C1=C(C)NC2=C(C(=O)[C@H](C(=O)OC)[C@@H](c3cccs3)C2)[C@@H]1c1ccsc1. The van der Waals surface area contributed by atoms with Gasteiger partial charge in [0, 0.05) is 33.7 Å². The van der Waals surface area contributed by atoms with Gasteiger partial charge in [-0.05, 0) is 47.2 Å². The van der Waals surface area contributed by atoms with Crippen molar-refractivity contribution in [3.05, 3.63) is 67.3 Å². The van der Waals surface area contributed by atoms with Gasteiger partial charge < -0.3 is 14.8 Å². The molecular formula is C22H21NO5S2. The highest BCUT2D eigenvalue weighted by molar-refractivity contribution is 7.10. The second kappa shape index (κ2) is 8.20. The monoisotopic (exact) mass is 443 g/mol. The Bertz CT molecular complexity index is 1050. The molecule has 2 aromatic rings. The number of carbonyl (C=O) groups is 3. The maximum atomic E-state index is 13.8. The summed E-state index contributed by atoms with van der Waals surface area (Å²) in [5.74, 6) is -3.20. The van der Waals surface area contributed by atoms with E-state index in [1.807, 2.05) is 41.3 Å². The van der Waals surface area contributed by atoms with E-state index in [0.29, 0.717) is 23.3 Å². The molecule has 1 N–H and O–H groups in total. The van der Waals surface area contributed by atoms with Crippen LogP contribution in [-0.2, 0) is 23.9 Å². The molecular weight excluding hydrogens is 422 g/mol. The number of nitrogens with one attached hydrogen (secondary N) is 1. The first kappa shape index (κ1) is 20.6. The van der Waals surface area contributed by atoms with Crippen LogP contribution in [0.1, 0.15) is 35.6 Å². The first-order valence-electron chi connectivity index (χ1n) is 9.44. The summed E-state index contributed by atoms with van der Waals surface area (Å²) in [5.41, 5.74) is 3.08. The van der Waals surface area contributed by atoms with E-state index in [1.54, 1.807) is 0 Å². The maximum Gasteiger partial charge on any atom is 0.336 e. The van der Waals surface area contributed by atoms with E-state index in [0.717, 1.165) is 16.1 Å². The van der Waals surface area contributed by atoms with Gasteiger partial charge >= 0.3 is 11.9 Å². The summed E-state index contributed by atoms with van der Waals surface area (Å²) >= 11 is 3.00. The predicted molar refractivity (Wildman–Crippen MR) is 114 cm³/mol. The highest BCUT2D eigenvalue weighted by Gasteiger charge is 2.49. The summed E-state index contributed by atoms with van der Waals surface area (Å²) in [6, 6.07) is 5.74. The van der Waals surface area contributed by atoms with E-state index in [2.05, 4.69) is 5.32 Å². The van der Waals surface area contributed by atoms with Crippen LogP contribution < -0.4 is 5.32 Å². The van der Waals surface area contributed by atoms with Crippen LogP contribution in [0.2, 0.25) is 0 Å². The number of ether oxygens (including phenoxy) is 2. The van der Waals surface area contributed by atoms with Crippen molar-refractivity contribution in [1.82, 2.24) is 5.32 Å². The number of methoxy groups -OCH3 is 2. The molecule has 0 saturated heterocycles. The topological polar surface area (TPSA) is 81.7 Å². The van der Waals surface area contributed by atoms with Crippen LogP contribution in [0.25, 0.3) is 0 Å². The molecule has 0 spiro atoms. The molecule has 0 aromatic carbocycles. The Hall–Kier alpha value is -2.71. The number of thiophene rings is 2. The first-order chi connectivity index (χ1) is 14.5. The van der Waals surface area contributed by atoms with Crippen molar-refractivity contribution >= 4 is 40.4 Å². The van der Waals surface area contributed by atoms with Gasteiger partial charge in [-0.1, -0.05) is 6.07 Å². The molecule has 2 aromatic heterocycles. The van der Waals surface area contributed by atoms with Gasteiger partial charge in [-0.2, -0.15) is 11.3 Å². The summed E-state index contributed by atoms with van der Waals surface area (Å²) in [5, 5.41) is 9.02. The summed E-state index contributed by atoms with van der Waals surface area (Å²) in [4.78, 5) is 40.1. The molecule has 30 heavy (non-hydrogen) atoms. The fraction of sp³-hybridized carbons (Fsp3) is 0.318. The highest BCUT2D eigenvalue weighted by atomic mass is 32.1. The van der Waals surface area contributed by atoms with Gasteiger partial charge in [-0.3, -0.25) is 9.59 Å². The van der Waals surface area contributed by atoms with Crippen LogP contribution in [0.5, 0.6) is 0 Å². The fourth-order valence-electron chi connectivity index (χ4n) is 4.35. The number of hydrogen-bond donors (Lipinski definition) is 1. The Labute approximate surface area is 182 Å². The molecule has 0 unspecified atom stereocenters. The summed E-state index contributed by atoms with van der Waals surface area (Å²) in [6.07, 6.45) is 0.480. The van der Waals surface area contributed by atoms with Crippen molar-refractivity contribution in [3.63, 3.8) is 0 Å². The third-order valence-corrected chi connectivity index (χ3v) is 7.37. The van der Waals surface area contributed by atoms with Gasteiger partial charge in [0.25, 0.3) is 0 Å². The van der Waals surface area contributed by atoms with Crippen LogP contribution in [-0.4, -0.2) is 31.9 Å². The normalized spacial score (nSPS) is 23.7. The number of ketones is 1. The lowest BCUT2D eigenvalue weighted by Gasteiger charge is -2.38. The average molecular weight is 444 g/mol. The van der Waals surface area contributed by atoms with Crippen molar-refractivity contribution in [2.45, 2.75) is 25.2 Å². The van der Waals surface area contributed by atoms with E-state index in [4.69, 9.17) is 9.47 Å².